The highest BCUT2D eigenvalue weighted by molar-refractivity contribution is 5.74. The van der Waals surface area contributed by atoms with Crippen molar-refractivity contribution in [2.75, 3.05) is 13.1 Å². The maximum absolute atomic E-state index is 12.2. The predicted octanol–water partition coefficient (Wildman–Crippen LogP) is 3.18. The van der Waals surface area contributed by atoms with E-state index in [-0.39, 0.29) is 6.03 Å². The molecule has 1 heterocycles. The summed E-state index contributed by atoms with van der Waals surface area (Å²) in [7, 11) is 0. The molecule has 1 aliphatic heterocycles. The fraction of sp³-hybridized carbons (Fsp3) is 0.562. The molecule has 2 atom stereocenters. The van der Waals surface area contributed by atoms with Gasteiger partial charge >= 0.3 is 6.03 Å². The van der Waals surface area contributed by atoms with Crippen molar-refractivity contribution in [3.63, 3.8) is 0 Å². The maximum atomic E-state index is 12.2. The number of urea groups is 1. The molecule has 1 aliphatic rings. The summed E-state index contributed by atoms with van der Waals surface area (Å²) in [6, 6.07) is 8.33. The topological polar surface area (TPSA) is 32.3 Å². The summed E-state index contributed by atoms with van der Waals surface area (Å²) in [5.74, 6) is 1.21. The van der Waals surface area contributed by atoms with Crippen LogP contribution in [0.4, 0.5) is 4.79 Å². The van der Waals surface area contributed by atoms with Crippen LogP contribution >= 0.6 is 0 Å². The molecule has 19 heavy (non-hydrogen) atoms. The Labute approximate surface area is 116 Å². The van der Waals surface area contributed by atoms with Gasteiger partial charge in [-0.1, -0.05) is 43.7 Å². The number of carbonyl (C=O) groups excluding carboxylic acids is 1. The van der Waals surface area contributed by atoms with Crippen molar-refractivity contribution in [2.45, 2.75) is 33.7 Å². The lowest BCUT2D eigenvalue weighted by molar-refractivity contribution is 0.146. The second kappa shape index (κ2) is 6.09. The van der Waals surface area contributed by atoms with E-state index in [2.05, 4.69) is 44.3 Å². The molecule has 0 radical (unpaired) electrons. The Morgan fingerprint density at radius 1 is 1.32 bits per heavy atom. The van der Waals surface area contributed by atoms with E-state index in [1.165, 1.54) is 12.0 Å². The zero-order valence-corrected chi connectivity index (χ0v) is 12.1. The van der Waals surface area contributed by atoms with Gasteiger partial charge in [0.1, 0.15) is 0 Å². The van der Waals surface area contributed by atoms with E-state index < -0.39 is 0 Å². The van der Waals surface area contributed by atoms with Crippen LogP contribution in [0.25, 0.3) is 0 Å². The number of likely N-dealkylation sites (tertiary alicyclic amines) is 1. The first kappa shape index (κ1) is 13.9. The summed E-state index contributed by atoms with van der Waals surface area (Å²) >= 11 is 0. The molecule has 2 unspecified atom stereocenters. The van der Waals surface area contributed by atoms with E-state index in [9.17, 15) is 4.79 Å². The molecule has 1 aromatic carbocycles. The number of aryl methyl sites for hydroxylation is 1. The van der Waals surface area contributed by atoms with Crippen LogP contribution in [0, 0.1) is 18.8 Å². The van der Waals surface area contributed by atoms with Crippen LogP contribution < -0.4 is 5.32 Å². The minimum Gasteiger partial charge on any atom is -0.334 e. The fourth-order valence-electron chi connectivity index (χ4n) is 2.94. The highest BCUT2D eigenvalue weighted by atomic mass is 16.2. The number of nitrogens with zero attached hydrogens (tertiary/aromatic N) is 1. The molecule has 3 nitrogen and oxygen atoms in total. The van der Waals surface area contributed by atoms with Gasteiger partial charge in [0.15, 0.2) is 0 Å². The van der Waals surface area contributed by atoms with Gasteiger partial charge in [-0.3, -0.25) is 0 Å². The second-order valence-electron chi connectivity index (χ2n) is 6.00. The van der Waals surface area contributed by atoms with Crippen molar-refractivity contribution in [3.8, 4) is 0 Å². The van der Waals surface area contributed by atoms with Crippen molar-refractivity contribution in [1.82, 2.24) is 10.2 Å². The zero-order valence-electron chi connectivity index (χ0n) is 12.1. The number of piperidine rings is 1. The highest BCUT2D eigenvalue weighted by Gasteiger charge is 2.24. The van der Waals surface area contributed by atoms with Crippen molar-refractivity contribution >= 4 is 6.03 Å². The number of carbonyl (C=O) groups is 1. The first-order valence-corrected chi connectivity index (χ1v) is 7.13. The molecule has 0 bridgehead atoms. The van der Waals surface area contributed by atoms with Gasteiger partial charge in [-0.25, -0.2) is 4.79 Å². The van der Waals surface area contributed by atoms with Gasteiger partial charge in [0, 0.05) is 19.6 Å². The first-order valence-electron chi connectivity index (χ1n) is 7.13. The smallest absolute Gasteiger partial charge is 0.317 e. The zero-order chi connectivity index (χ0) is 13.8. The third-order valence-corrected chi connectivity index (χ3v) is 3.68. The van der Waals surface area contributed by atoms with Crippen LogP contribution in [0.5, 0.6) is 0 Å². The fourth-order valence-corrected chi connectivity index (χ4v) is 2.94. The van der Waals surface area contributed by atoms with E-state index in [0.29, 0.717) is 18.4 Å². The Morgan fingerprint density at radius 2 is 2.00 bits per heavy atom. The lowest BCUT2D eigenvalue weighted by atomic mass is 9.92. The Hall–Kier alpha value is -1.51. The van der Waals surface area contributed by atoms with E-state index in [0.717, 1.165) is 18.7 Å². The van der Waals surface area contributed by atoms with Crippen LogP contribution in [0.2, 0.25) is 0 Å². The molecule has 1 N–H and O–H groups in total. The van der Waals surface area contributed by atoms with Crippen molar-refractivity contribution < 1.29 is 4.79 Å². The third-order valence-electron chi connectivity index (χ3n) is 3.68. The van der Waals surface area contributed by atoms with E-state index in [1.807, 2.05) is 11.0 Å². The van der Waals surface area contributed by atoms with Crippen LogP contribution in [-0.4, -0.2) is 24.0 Å². The largest absolute Gasteiger partial charge is 0.334 e. The van der Waals surface area contributed by atoms with E-state index in [1.54, 1.807) is 0 Å². The quantitative estimate of drug-likeness (QED) is 0.870. The van der Waals surface area contributed by atoms with Gasteiger partial charge in [-0.15, -0.1) is 0 Å². The molecule has 0 aliphatic carbocycles. The number of nitrogens with one attached hydrogen (secondary N) is 1. The molecule has 1 aromatic rings. The Morgan fingerprint density at radius 3 is 2.63 bits per heavy atom. The lowest BCUT2D eigenvalue weighted by Gasteiger charge is -2.34. The molecule has 1 fully saturated rings. The Kier molecular flexibility index (Phi) is 4.46. The van der Waals surface area contributed by atoms with Gasteiger partial charge < -0.3 is 10.2 Å². The number of hydrogen-bond donors (Lipinski definition) is 1. The van der Waals surface area contributed by atoms with Crippen molar-refractivity contribution in [2.24, 2.45) is 11.8 Å². The van der Waals surface area contributed by atoms with Gasteiger partial charge in [-0.2, -0.15) is 0 Å². The molecule has 1 saturated heterocycles. The summed E-state index contributed by atoms with van der Waals surface area (Å²) < 4.78 is 0. The van der Waals surface area contributed by atoms with Gasteiger partial charge in [-0.05, 0) is 30.7 Å². The molecule has 104 valence electrons. The summed E-state index contributed by atoms with van der Waals surface area (Å²) in [5.41, 5.74) is 2.39. The molecule has 2 rings (SSSR count). The average molecular weight is 260 g/mol. The number of benzene rings is 1. The molecule has 0 saturated carbocycles. The maximum Gasteiger partial charge on any atom is 0.317 e. The summed E-state index contributed by atoms with van der Waals surface area (Å²) in [4.78, 5) is 14.1. The third kappa shape index (κ3) is 3.98. The minimum absolute atomic E-state index is 0.0694. The molecular formula is C16H24N2O. The SMILES string of the molecule is Cc1cccc(CNC(=O)N2CC(C)CC(C)C2)c1. The Balaban J connectivity index is 1.87. The average Bonchev–Trinajstić information content (AvgIpc) is 2.35. The lowest BCUT2D eigenvalue weighted by Crippen LogP contribution is -2.47. The second-order valence-corrected chi connectivity index (χ2v) is 6.00. The van der Waals surface area contributed by atoms with Gasteiger partial charge in [0.25, 0.3) is 0 Å². The van der Waals surface area contributed by atoms with Crippen LogP contribution in [0.1, 0.15) is 31.4 Å². The van der Waals surface area contributed by atoms with E-state index >= 15 is 0 Å². The monoisotopic (exact) mass is 260 g/mol. The molecular weight excluding hydrogens is 236 g/mol. The first-order chi connectivity index (χ1) is 9.04. The van der Waals surface area contributed by atoms with Crippen molar-refractivity contribution in [3.05, 3.63) is 35.4 Å². The molecule has 0 aromatic heterocycles. The number of amides is 2. The summed E-state index contributed by atoms with van der Waals surface area (Å²) in [5, 5.41) is 3.02. The Bertz CT molecular complexity index is 434. The van der Waals surface area contributed by atoms with Crippen LogP contribution in [0.3, 0.4) is 0 Å². The normalized spacial score (nSPS) is 23.2. The minimum atomic E-state index is 0.0694. The number of hydrogen-bond acceptors (Lipinski definition) is 1. The standard InChI is InChI=1S/C16H24N2O/c1-12-5-4-6-15(8-12)9-17-16(19)18-10-13(2)7-14(3)11-18/h4-6,8,13-14H,7,9-11H2,1-3H3,(H,17,19). The molecule has 2 amide bonds. The van der Waals surface area contributed by atoms with Gasteiger partial charge in [0.2, 0.25) is 0 Å². The predicted molar refractivity (Wildman–Crippen MR) is 77.9 cm³/mol. The van der Waals surface area contributed by atoms with Crippen LogP contribution in [0.15, 0.2) is 24.3 Å². The van der Waals surface area contributed by atoms with Crippen molar-refractivity contribution in [1.29, 1.82) is 0 Å². The van der Waals surface area contributed by atoms with E-state index in [4.69, 9.17) is 0 Å². The molecule has 3 heteroatoms. The highest BCUT2D eigenvalue weighted by Crippen LogP contribution is 2.20. The summed E-state index contributed by atoms with van der Waals surface area (Å²) in [6.45, 7) is 8.88. The van der Waals surface area contributed by atoms with Crippen LogP contribution in [-0.2, 0) is 6.54 Å². The van der Waals surface area contributed by atoms with Gasteiger partial charge in [0.05, 0.1) is 0 Å². The number of rotatable bonds is 2. The summed E-state index contributed by atoms with van der Waals surface area (Å²) in [6.07, 6.45) is 1.22. The molecule has 0 spiro atoms.